The second-order valence-corrected chi connectivity index (χ2v) is 6.93. The molecule has 1 amide bonds. The highest BCUT2D eigenvalue weighted by Crippen LogP contribution is 2.19. The smallest absolute Gasteiger partial charge is 0.243 e. The van der Waals surface area contributed by atoms with Crippen molar-refractivity contribution in [3.8, 4) is 0 Å². The fraction of sp³-hybridized carbons (Fsp3) is 0.500. The minimum absolute atomic E-state index is 0.113. The summed E-state index contributed by atoms with van der Waals surface area (Å²) < 4.78 is 26.3. The van der Waals surface area contributed by atoms with E-state index < -0.39 is 10.0 Å². The summed E-state index contributed by atoms with van der Waals surface area (Å²) in [6, 6.07) is 6.66. The second kappa shape index (κ2) is 6.91. The number of hydrogen-bond acceptors (Lipinski definition) is 4. The molecule has 0 atom stereocenters. The lowest BCUT2D eigenvalue weighted by Crippen LogP contribution is -2.37. The number of benzene rings is 1. The zero-order chi connectivity index (χ0) is 15.3. The van der Waals surface area contributed by atoms with Crippen molar-refractivity contribution in [2.24, 2.45) is 0 Å². The molecule has 0 aromatic heterocycles. The summed E-state index contributed by atoms with van der Waals surface area (Å²) in [6.07, 6.45) is 1.63. The molecule has 0 radical (unpaired) electrons. The predicted molar refractivity (Wildman–Crippen MR) is 81.6 cm³/mol. The van der Waals surface area contributed by atoms with E-state index in [4.69, 9.17) is 0 Å². The molecule has 1 aliphatic rings. The Morgan fingerprint density at radius 1 is 1.29 bits per heavy atom. The molecule has 7 heteroatoms. The summed E-state index contributed by atoms with van der Waals surface area (Å²) in [5.41, 5.74) is 0.893. The van der Waals surface area contributed by atoms with Gasteiger partial charge in [-0.15, -0.1) is 0 Å². The lowest BCUT2D eigenvalue weighted by molar-refractivity contribution is -0.120. The van der Waals surface area contributed by atoms with Crippen molar-refractivity contribution in [1.82, 2.24) is 9.62 Å². The van der Waals surface area contributed by atoms with Gasteiger partial charge >= 0.3 is 0 Å². The average molecular weight is 311 g/mol. The monoisotopic (exact) mass is 311 g/mol. The molecule has 0 aliphatic carbocycles. The summed E-state index contributed by atoms with van der Waals surface area (Å²) in [7, 11) is -3.61. The summed E-state index contributed by atoms with van der Waals surface area (Å²) in [6.45, 7) is 3.68. The molecule has 2 N–H and O–H groups in total. The Hall–Kier alpha value is -1.60. The van der Waals surface area contributed by atoms with Gasteiger partial charge < -0.3 is 10.6 Å². The van der Waals surface area contributed by atoms with Crippen LogP contribution in [0.25, 0.3) is 0 Å². The standard InChI is InChI=1S/C14H21N3O3S/c1-2-8-15-12-4-6-13(7-5-12)21(19,20)17-10-3-9-16-14(18)11-17/h4-7,15H,2-3,8-11H2,1H3,(H,16,18). The van der Waals surface area contributed by atoms with Gasteiger partial charge in [-0.05, 0) is 37.1 Å². The van der Waals surface area contributed by atoms with Crippen molar-refractivity contribution in [3.63, 3.8) is 0 Å². The van der Waals surface area contributed by atoms with Crippen LogP contribution < -0.4 is 10.6 Å². The first kappa shape index (κ1) is 15.8. The van der Waals surface area contributed by atoms with Crippen LogP contribution in [0.1, 0.15) is 19.8 Å². The Bertz CT molecular complexity index is 584. The van der Waals surface area contributed by atoms with E-state index in [-0.39, 0.29) is 17.3 Å². The summed E-state index contributed by atoms with van der Waals surface area (Å²) in [5.74, 6) is -0.252. The van der Waals surface area contributed by atoms with Crippen LogP contribution in [0, 0.1) is 0 Å². The van der Waals surface area contributed by atoms with Crippen molar-refractivity contribution >= 4 is 21.6 Å². The molecule has 0 saturated carbocycles. The summed E-state index contributed by atoms with van der Waals surface area (Å²) >= 11 is 0. The Labute approximate surface area is 125 Å². The largest absolute Gasteiger partial charge is 0.385 e. The number of anilines is 1. The predicted octanol–water partition coefficient (Wildman–Crippen LogP) is 1.02. The topological polar surface area (TPSA) is 78.5 Å². The van der Waals surface area contributed by atoms with Gasteiger partial charge in [-0.2, -0.15) is 4.31 Å². The molecule has 1 heterocycles. The lowest BCUT2D eigenvalue weighted by atomic mass is 10.3. The highest BCUT2D eigenvalue weighted by atomic mass is 32.2. The highest BCUT2D eigenvalue weighted by molar-refractivity contribution is 7.89. The Morgan fingerprint density at radius 3 is 2.67 bits per heavy atom. The maximum Gasteiger partial charge on any atom is 0.243 e. The molecular formula is C14H21N3O3S. The van der Waals surface area contributed by atoms with Crippen LogP contribution in [0.5, 0.6) is 0 Å². The van der Waals surface area contributed by atoms with Crippen molar-refractivity contribution < 1.29 is 13.2 Å². The van der Waals surface area contributed by atoms with Crippen molar-refractivity contribution in [2.45, 2.75) is 24.7 Å². The highest BCUT2D eigenvalue weighted by Gasteiger charge is 2.27. The van der Waals surface area contributed by atoms with Crippen LogP contribution in [0.2, 0.25) is 0 Å². The number of amides is 1. The van der Waals surface area contributed by atoms with E-state index >= 15 is 0 Å². The Morgan fingerprint density at radius 2 is 2.00 bits per heavy atom. The quantitative estimate of drug-likeness (QED) is 0.851. The van der Waals surface area contributed by atoms with E-state index in [1.54, 1.807) is 24.3 Å². The molecule has 1 aromatic rings. The van der Waals surface area contributed by atoms with Crippen LogP contribution >= 0.6 is 0 Å². The molecule has 6 nitrogen and oxygen atoms in total. The van der Waals surface area contributed by atoms with Crippen molar-refractivity contribution in [1.29, 1.82) is 0 Å². The first-order valence-electron chi connectivity index (χ1n) is 7.15. The molecular weight excluding hydrogens is 290 g/mol. The minimum Gasteiger partial charge on any atom is -0.385 e. The van der Waals surface area contributed by atoms with E-state index in [2.05, 4.69) is 17.6 Å². The van der Waals surface area contributed by atoms with Gasteiger partial charge in [-0.1, -0.05) is 6.92 Å². The van der Waals surface area contributed by atoms with Gasteiger partial charge in [-0.3, -0.25) is 4.79 Å². The number of sulfonamides is 1. The van der Waals surface area contributed by atoms with Crippen LogP contribution in [-0.4, -0.2) is 44.8 Å². The van der Waals surface area contributed by atoms with E-state index in [0.29, 0.717) is 19.5 Å². The zero-order valence-corrected chi connectivity index (χ0v) is 12.9. The fourth-order valence-corrected chi connectivity index (χ4v) is 3.58. The molecule has 0 unspecified atom stereocenters. The number of carbonyl (C=O) groups excluding carboxylic acids is 1. The van der Waals surface area contributed by atoms with Gasteiger partial charge in [-0.25, -0.2) is 8.42 Å². The molecule has 0 bridgehead atoms. The summed E-state index contributed by atoms with van der Waals surface area (Å²) in [5, 5.41) is 5.87. The van der Waals surface area contributed by atoms with Crippen LogP contribution in [0.4, 0.5) is 5.69 Å². The SMILES string of the molecule is CCCNc1ccc(S(=O)(=O)N2CCCNC(=O)C2)cc1. The van der Waals surface area contributed by atoms with E-state index in [9.17, 15) is 13.2 Å². The molecule has 21 heavy (non-hydrogen) atoms. The third-order valence-electron chi connectivity index (χ3n) is 3.30. The molecule has 1 saturated heterocycles. The van der Waals surface area contributed by atoms with Gasteiger partial charge in [0, 0.05) is 25.3 Å². The van der Waals surface area contributed by atoms with E-state index in [0.717, 1.165) is 18.7 Å². The van der Waals surface area contributed by atoms with E-state index in [1.807, 2.05) is 0 Å². The normalized spacial score (nSPS) is 17.1. The van der Waals surface area contributed by atoms with Gasteiger partial charge in [0.25, 0.3) is 0 Å². The number of carbonyl (C=O) groups is 1. The first-order chi connectivity index (χ1) is 10.0. The summed E-state index contributed by atoms with van der Waals surface area (Å²) in [4.78, 5) is 11.7. The number of rotatable bonds is 5. The van der Waals surface area contributed by atoms with Crippen LogP contribution in [0.15, 0.2) is 29.2 Å². The number of nitrogens with one attached hydrogen (secondary N) is 2. The first-order valence-corrected chi connectivity index (χ1v) is 8.59. The lowest BCUT2D eigenvalue weighted by Gasteiger charge is -2.19. The van der Waals surface area contributed by atoms with Gasteiger partial charge in [0.2, 0.25) is 15.9 Å². The third-order valence-corrected chi connectivity index (χ3v) is 5.16. The Kier molecular flexibility index (Phi) is 5.19. The molecule has 1 aromatic carbocycles. The number of nitrogens with zero attached hydrogens (tertiary/aromatic N) is 1. The van der Waals surface area contributed by atoms with Gasteiger partial charge in [0.05, 0.1) is 11.4 Å². The van der Waals surface area contributed by atoms with Gasteiger partial charge in [0.15, 0.2) is 0 Å². The van der Waals surface area contributed by atoms with Crippen molar-refractivity contribution in [2.75, 3.05) is 31.5 Å². The van der Waals surface area contributed by atoms with Gasteiger partial charge in [0.1, 0.15) is 0 Å². The second-order valence-electron chi connectivity index (χ2n) is 4.99. The fourth-order valence-electron chi connectivity index (χ4n) is 2.15. The average Bonchev–Trinajstić information content (AvgIpc) is 2.70. The van der Waals surface area contributed by atoms with Crippen LogP contribution in [0.3, 0.4) is 0 Å². The molecule has 1 aliphatic heterocycles. The molecule has 2 rings (SSSR count). The molecule has 116 valence electrons. The maximum atomic E-state index is 12.5. The minimum atomic E-state index is -3.61. The Balaban J connectivity index is 2.16. The van der Waals surface area contributed by atoms with E-state index in [1.165, 1.54) is 4.31 Å². The third kappa shape index (κ3) is 3.95. The molecule has 0 spiro atoms. The maximum absolute atomic E-state index is 12.5. The number of hydrogen-bond donors (Lipinski definition) is 2. The van der Waals surface area contributed by atoms with Crippen LogP contribution in [-0.2, 0) is 14.8 Å². The van der Waals surface area contributed by atoms with Crippen molar-refractivity contribution in [3.05, 3.63) is 24.3 Å². The zero-order valence-electron chi connectivity index (χ0n) is 12.1. The molecule has 1 fully saturated rings.